The summed E-state index contributed by atoms with van der Waals surface area (Å²) in [5, 5.41) is 15.3. The van der Waals surface area contributed by atoms with Crippen LogP contribution in [0, 0.1) is 0 Å². The summed E-state index contributed by atoms with van der Waals surface area (Å²) in [4.78, 5) is 12.3. The topological polar surface area (TPSA) is 78.8 Å². The highest BCUT2D eigenvalue weighted by molar-refractivity contribution is 7.97. The molecule has 0 aromatic heterocycles. The van der Waals surface area contributed by atoms with Gasteiger partial charge in [0.15, 0.2) is 14.7 Å². The predicted octanol–water partition coefficient (Wildman–Crippen LogP) is 4.47. The highest BCUT2D eigenvalue weighted by Crippen LogP contribution is 2.32. The average Bonchev–Trinajstić information content (AvgIpc) is 2.72. The van der Waals surface area contributed by atoms with Crippen LogP contribution < -0.4 is 14.6 Å². The van der Waals surface area contributed by atoms with Gasteiger partial charge in [0.25, 0.3) is 0 Å². The van der Waals surface area contributed by atoms with E-state index >= 15 is 0 Å². The molecule has 152 valence electrons. The maximum Gasteiger partial charge on any atom is 0.249 e. The van der Waals surface area contributed by atoms with Crippen LogP contribution in [0.25, 0.3) is 0 Å². The second kappa shape index (κ2) is 11.7. The summed E-state index contributed by atoms with van der Waals surface area (Å²) >= 11 is 0. The minimum Gasteiger partial charge on any atom is -0.565 e. The van der Waals surface area contributed by atoms with E-state index in [-0.39, 0.29) is 10.9 Å². The van der Waals surface area contributed by atoms with E-state index in [1.807, 2.05) is 13.8 Å². The Labute approximate surface area is 173 Å². The Kier molecular flexibility index (Phi) is 8.92. The normalized spacial score (nSPS) is 10.0. The molecule has 0 atom stereocenters. The van der Waals surface area contributed by atoms with Crippen molar-refractivity contribution in [1.29, 1.82) is 0 Å². The lowest BCUT2D eigenvalue weighted by atomic mass is 10.3. The number of hydrogen-bond donors (Lipinski definition) is 1. The molecule has 0 bridgehead atoms. The van der Waals surface area contributed by atoms with Crippen LogP contribution in [0.4, 0.5) is 4.79 Å². The third-order valence-electron chi connectivity index (χ3n) is 3.72. The van der Waals surface area contributed by atoms with Crippen molar-refractivity contribution in [2.75, 3.05) is 13.2 Å². The molecule has 3 aromatic carbocycles. The van der Waals surface area contributed by atoms with Crippen LogP contribution in [0.3, 0.4) is 0 Å². The van der Waals surface area contributed by atoms with Gasteiger partial charge < -0.3 is 24.5 Å². The summed E-state index contributed by atoms with van der Waals surface area (Å²) < 4.78 is 11.2. The molecule has 0 radical (unpaired) electrons. The summed E-state index contributed by atoms with van der Waals surface area (Å²) in [5.74, 6) is 1.82. The number of carboxylic acid groups (broad SMARTS) is 2. The van der Waals surface area contributed by atoms with Crippen LogP contribution in [0.5, 0.6) is 11.5 Å². The second-order valence-electron chi connectivity index (χ2n) is 5.69. The van der Waals surface area contributed by atoms with Crippen molar-refractivity contribution in [3.63, 3.8) is 0 Å². The van der Waals surface area contributed by atoms with E-state index in [0.29, 0.717) is 13.2 Å². The summed E-state index contributed by atoms with van der Waals surface area (Å²) in [7, 11) is -0.150. The largest absolute Gasteiger partial charge is 0.565 e. The van der Waals surface area contributed by atoms with E-state index in [9.17, 15) is 0 Å². The van der Waals surface area contributed by atoms with E-state index in [2.05, 4.69) is 78.9 Å². The van der Waals surface area contributed by atoms with Crippen LogP contribution in [0.2, 0.25) is 0 Å². The van der Waals surface area contributed by atoms with Crippen molar-refractivity contribution in [3.8, 4) is 11.5 Å². The fourth-order valence-electron chi connectivity index (χ4n) is 2.64. The molecule has 1 N–H and O–H groups in total. The van der Waals surface area contributed by atoms with Crippen molar-refractivity contribution >= 4 is 17.1 Å². The maximum absolute atomic E-state index is 8.44. The van der Waals surface area contributed by atoms with Gasteiger partial charge >= 0.3 is 0 Å². The van der Waals surface area contributed by atoms with Gasteiger partial charge in [0, 0.05) is 0 Å². The fourth-order valence-corrected chi connectivity index (χ4v) is 4.70. The Bertz CT molecular complexity index is 811. The smallest absolute Gasteiger partial charge is 0.249 e. The lowest BCUT2D eigenvalue weighted by Crippen LogP contribution is -2.17. The molecule has 0 heterocycles. The van der Waals surface area contributed by atoms with Gasteiger partial charge in [-0.3, -0.25) is 0 Å². The van der Waals surface area contributed by atoms with Gasteiger partial charge in [0.1, 0.15) is 11.5 Å². The lowest BCUT2D eigenvalue weighted by Gasteiger charge is -2.10. The highest BCUT2D eigenvalue weighted by atomic mass is 32.2. The van der Waals surface area contributed by atoms with Gasteiger partial charge in [-0.2, -0.15) is 0 Å². The molecule has 0 saturated heterocycles. The fraction of sp³-hybridized carbons (Fsp3) is 0.174. The van der Waals surface area contributed by atoms with Crippen molar-refractivity contribution < 1.29 is 24.5 Å². The van der Waals surface area contributed by atoms with E-state index in [1.54, 1.807) is 0 Å². The SMILES string of the molecule is CCOc1ccc([S+](c2ccccc2)c2ccc(OCC)cc2)cc1.O=C([O-])O. The molecule has 5 nitrogen and oxygen atoms in total. The number of benzene rings is 3. The van der Waals surface area contributed by atoms with Gasteiger partial charge in [0.05, 0.1) is 24.1 Å². The van der Waals surface area contributed by atoms with Crippen molar-refractivity contribution in [2.45, 2.75) is 28.5 Å². The van der Waals surface area contributed by atoms with Gasteiger partial charge in [-0.25, -0.2) is 0 Å². The first-order valence-electron chi connectivity index (χ1n) is 9.20. The monoisotopic (exact) mass is 412 g/mol. The molecule has 3 aromatic rings. The quantitative estimate of drug-likeness (QED) is 0.580. The molecule has 0 saturated carbocycles. The van der Waals surface area contributed by atoms with Gasteiger partial charge in [-0.1, -0.05) is 18.2 Å². The number of carbonyl (C=O) groups is 1. The molecule has 0 aliphatic rings. The van der Waals surface area contributed by atoms with Crippen LogP contribution >= 0.6 is 0 Å². The van der Waals surface area contributed by atoms with Crippen LogP contribution in [-0.2, 0) is 10.9 Å². The molecule has 0 unspecified atom stereocenters. The number of rotatable bonds is 7. The lowest BCUT2D eigenvalue weighted by molar-refractivity contribution is -0.275. The third kappa shape index (κ3) is 7.08. The summed E-state index contributed by atoms with van der Waals surface area (Å²) in [6, 6.07) is 27.5. The Morgan fingerprint density at radius 2 is 1.10 bits per heavy atom. The summed E-state index contributed by atoms with van der Waals surface area (Å²) in [5.41, 5.74) is 0. The molecular formula is C23H24O5S. The standard InChI is InChI=1S/C22H23O2S.CH2O3/c1-3-23-18-10-14-21(15-11-18)25(20-8-6-5-7-9-20)22-16-12-19(13-17-22)24-4-2;2-1(3)4/h5-17H,3-4H2,1-2H3;(H2,2,3,4)/q+1;/p-1. The third-order valence-corrected chi connectivity index (χ3v) is 5.95. The first-order chi connectivity index (χ1) is 14.0. The maximum atomic E-state index is 8.44. The zero-order chi connectivity index (χ0) is 21.1. The molecule has 3 rings (SSSR count). The first kappa shape index (κ1) is 22.2. The number of hydrogen-bond acceptors (Lipinski definition) is 4. The summed E-state index contributed by atoms with van der Waals surface area (Å²) in [6.07, 6.45) is -2.08. The minimum absolute atomic E-state index is 0.150. The first-order valence-corrected chi connectivity index (χ1v) is 10.4. The molecule has 0 fully saturated rings. The molecule has 29 heavy (non-hydrogen) atoms. The van der Waals surface area contributed by atoms with Gasteiger partial charge in [-0.15, -0.1) is 0 Å². The minimum atomic E-state index is -2.08. The van der Waals surface area contributed by atoms with E-state index in [4.69, 9.17) is 24.5 Å². The molecule has 0 spiro atoms. The van der Waals surface area contributed by atoms with Crippen LogP contribution in [0.1, 0.15) is 13.8 Å². The zero-order valence-corrected chi connectivity index (χ0v) is 17.2. The van der Waals surface area contributed by atoms with Gasteiger partial charge in [-0.05, 0) is 74.5 Å². The average molecular weight is 413 g/mol. The van der Waals surface area contributed by atoms with E-state index in [0.717, 1.165) is 11.5 Å². The highest BCUT2D eigenvalue weighted by Gasteiger charge is 2.28. The van der Waals surface area contributed by atoms with Gasteiger partial charge in [0.2, 0.25) is 6.16 Å². The van der Waals surface area contributed by atoms with E-state index < -0.39 is 6.16 Å². The van der Waals surface area contributed by atoms with Crippen molar-refractivity contribution in [3.05, 3.63) is 78.9 Å². The van der Waals surface area contributed by atoms with Crippen LogP contribution in [-0.4, -0.2) is 24.5 Å². The zero-order valence-electron chi connectivity index (χ0n) is 16.4. The molecule has 0 aliphatic carbocycles. The molecule has 6 heteroatoms. The van der Waals surface area contributed by atoms with E-state index in [1.165, 1.54) is 14.7 Å². The number of ether oxygens (including phenoxy) is 2. The Hall–Kier alpha value is -3.12. The summed E-state index contributed by atoms with van der Waals surface area (Å²) in [6.45, 7) is 5.37. The van der Waals surface area contributed by atoms with Crippen LogP contribution in [0.15, 0.2) is 93.5 Å². The predicted molar refractivity (Wildman–Crippen MR) is 112 cm³/mol. The molecule has 0 amide bonds. The Morgan fingerprint density at radius 1 is 0.759 bits per heavy atom. The molecular weight excluding hydrogens is 388 g/mol. The Balaban J connectivity index is 0.000000687. The van der Waals surface area contributed by atoms with Crippen molar-refractivity contribution in [1.82, 2.24) is 0 Å². The Morgan fingerprint density at radius 3 is 1.45 bits per heavy atom. The van der Waals surface area contributed by atoms with Crippen molar-refractivity contribution in [2.24, 2.45) is 0 Å². The molecule has 0 aliphatic heterocycles. The second-order valence-corrected chi connectivity index (χ2v) is 7.72.